The summed E-state index contributed by atoms with van der Waals surface area (Å²) < 4.78 is 0. The van der Waals surface area contributed by atoms with Gasteiger partial charge in [-0.25, -0.2) is 0 Å². The van der Waals surface area contributed by atoms with Gasteiger partial charge in [-0.05, 0) is 46.6 Å². The summed E-state index contributed by atoms with van der Waals surface area (Å²) in [6.45, 7) is 10.7. The first-order chi connectivity index (χ1) is 8.05. The SMILES string of the molecule is CCCCCCCCC1CCCN1C(C)(C)C. The summed E-state index contributed by atoms with van der Waals surface area (Å²) in [5, 5.41) is 0. The molecular formula is C16H33N. The third-order valence-electron chi connectivity index (χ3n) is 4.13. The van der Waals surface area contributed by atoms with Gasteiger partial charge in [0.25, 0.3) is 0 Å². The lowest BCUT2D eigenvalue weighted by atomic mass is 10.00. The van der Waals surface area contributed by atoms with Crippen LogP contribution in [0.15, 0.2) is 0 Å². The van der Waals surface area contributed by atoms with E-state index < -0.39 is 0 Å². The van der Waals surface area contributed by atoms with Crippen LogP contribution in [0.3, 0.4) is 0 Å². The molecular weight excluding hydrogens is 206 g/mol. The van der Waals surface area contributed by atoms with E-state index in [1.807, 2.05) is 0 Å². The topological polar surface area (TPSA) is 3.24 Å². The molecule has 1 heteroatoms. The molecule has 1 fully saturated rings. The minimum Gasteiger partial charge on any atom is -0.296 e. The Labute approximate surface area is 109 Å². The van der Waals surface area contributed by atoms with E-state index in [9.17, 15) is 0 Å². The van der Waals surface area contributed by atoms with Gasteiger partial charge in [0, 0.05) is 11.6 Å². The Morgan fingerprint density at radius 2 is 1.65 bits per heavy atom. The Morgan fingerprint density at radius 3 is 2.29 bits per heavy atom. The van der Waals surface area contributed by atoms with Crippen molar-refractivity contribution >= 4 is 0 Å². The van der Waals surface area contributed by atoms with Crippen molar-refractivity contribution in [3.8, 4) is 0 Å². The monoisotopic (exact) mass is 239 g/mol. The molecule has 0 radical (unpaired) electrons. The fourth-order valence-electron chi connectivity index (χ4n) is 3.18. The Kier molecular flexibility index (Phi) is 6.54. The molecule has 0 N–H and O–H groups in total. The van der Waals surface area contributed by atoms with Crippen LogP contribution in [0.2, 0.25) is 0 Å². The van der Waals surface area contributed by atoms with Crippen LogP contribution < -0.4 is 0 Å². The van der Waals surface area contributed by atoms with Gasteiger partial charge in [-0.2, -0.15) is 0 Å². The molecule has 1 aliphatic rings. The number of nitrogens with zero attached hydrogens (tertiary/aromatic N) is 1. The molecule has 0 saturated carbocycles. The molecule has 1 unspecified atom stereocenters. The molecule has 1 saturated heterocycles. The summed E-state index contributed by atoms with van der Waals surface area (Å²) in [5.41, 5.74) is 0.378. The molecule has 1 nitrogen and oxygen atoms in total. The van der Waals surface area contributed by atoms with Crippen molar-refractivity contribution < 1.29 is 0 Å². The molecule has 0 aliphatic carbocycles. The number of hydrogen-bond acceptors (Lipinski definition) is 1. The van der Waals surface area contributed by atoms with E-state index in [1.54, 1.807) is 0 Å². The lowest BCUT2D eigenvalue weighted by Crippen LogP contribution is -2.44. The molecule has 102 valence electrons. The van der Waals surface area contributed by atoms with Crippen molar-refractivity contribution in [3.05, 3.63) is 0 Å². The van der Waals surface area contributed by atoms with Crippen molar-refractivity contribution in [2.45, 2.75) is 97.1 Å². The maximum Gasteiger partial charge on any atom is 0.0127 e. The zero-order valence-electron chi connectivity index (χ0n) is 12.6. The van der Waals surface area contributed by atoms with Gasteiger partial charge in [0.15, 0.2) is 0 Å². The molecule has 0 aromatic heterocycles. The molecule has 0 amide bonds. The second-order valence-corrected chi connectivity index (χ2v) is 6.72. The predicted molar refractivity (Wildman–Crippen MR) is 77.5 cm³/mol. The molecule has 1 rings (SSSR count). The van der Waals surface area contributed by atoms with E-state index in [-0.39, 0.29) is 0 Å². The van der Waals surface area contributed by atoms with Crippen LogP contribution in [0, 0.1) is 0 Å². The summed E-state index contributed by atoms with van der Waals surface area (Å²) in [4.78, 5) is 2.74. The minimum atomic E-state index is 0.378. The molecule has 1 atom stereocenters. The van der Waals surface area contributed by atoms with Gasteiger partial charge in [-0.3, -0.25) is 4.90 Å². The second-order valence-electron chi connectivity index (χ2n) is 6.72. The predicted octanol–water partition coefficient (Wildman–Crippen LogP) is 5.00. The molecule has 0 spiro atoms. The Bertz CT molecular complexity index is 192. The quantitative estimate of drug-likeness (QED) is 0.565. The van der Waals surface area contributed by atoms with E-state index >= 15 is 0 Å². The van der Waals surface area contributed by atoms with Crippen LogP contribution >= 0.6 is 0 Å². The zero-order chi connectivity index (χ0) is 12.7. The summed E-state index contributed by atoms with van der Waals surface area (Å²) in [6, 6.07) is 0.876. The van der Waals surface area contributed by atoms with Crippen LogP contribution in [0.1, 0.15) is 85.5 Å². The summed E-state index contributed by atoms with van der Waals surface area (Å²) in [6.07, 6.45) is 12.9. The number of likely N-dealkylation sites (tertiary alicyclic amines) is 1. The average Bonchev–Trinajstić information content (AvgIpc) is 2.71. The first-order valence-corrected chi connectivity index (χ1v) is 7.82. The highest BCUT2D eigenvalue weighted by atomic mass is 15.2. The van der Waals surface area contributed by atoms with Crippen LogP contribution in [-0.2, 0) is 0 Å². The highest BCUT2D eigenvalue weighted by molar-refractivity contribution is 4.87. The third-order valence-corrected chi connectivity index (χ3v) is 4.13. The van der Waals surface area contributed by atoms with Gasteiger partial charge >= 0.3 is 0 Å². The van der Waals surface area contributed by atoms with Crippen molar-refractivity contribution in [2.24, 2.45) is 0 Å². The van der Waals surface area contributed by atoms with E-state index in [1.165, 1.54) is 64.3 Å². The highest BCUT2D eigenvalue weighted by Crippen LogP contribution is 2.29. The van der Waals surface area contributed by atoms with Gasteiger partial charge in [0.2, 0.25) is 0 Å². The van der Waals surface area contributed by atoms with Gasteiger partial charge in [-0.15, -0.1) is 0 Å². The smallest absolute Gasteiger partial charge is 0.0127 e. The summed E-state index contributed by atoms with van der Waals surface area (Å²) in [5.74, 6) is 0. The number of rotatable bonds is 7. The largest absolute Gasteiger partial charge is 0.296 e. The van der Waals surface area contributed by atoms with Crippen molar-refractivity contribution in [1.82, 2.24) is 4.90 Å². The maximum absolute atomic E-state index is 2.74. The fraction of sp³-hybridized carbons (Fsp3) is 1.00. The average molecular weight is 239 g/mol. The van der Waals surface area contributed by atoms with Gasteiger partial charge in [0.05, 0.1) is 0 Å². The lowest BCUT2D eigenvalue weighted by molar-refractivity contribution is 0.114. The first-order valence-electron chi connectivity index (χ1n) is 7.82. The summed E-state index contributed by atoms with van der Waals surface area (Å²) in [7, 11) is 0. The number of unbranched alkanes of at least 4 members (excludes halogenated alkanes) is 5. The van der Waals surface area contributed by atoms with Crippen LogP contribution in [0.5, 0.6) is 0 Å². The van der Waals surface area contributed by atoms with Gasteiger partial charge < -0.3 is 0 Å². The standard InChI is InChI=1S/C16H33N/c1-5-6-7-8-9-10-12-15-13-11-14-17(15)16(2,3)4/h15H,5-14H2,1-4H3. The van der Waals surface area contributed by atoms with E-state index in [4.69, 9.17) is 0 Å². The van der Waals surface area contributed by atoms with Crippen molar-refractivity contribution in [1.29, 1.82) is 0 Å². The van der Waals surface area contributed by atoms with Crippen LogP contribution in [0.4, 0.5) is 0 Å². The molecule has 1 aliphatic heterocycles. The van der Waals surface area contributed by atoms with E-state index in [2.05, 4.69) is 32.6 Å². The van der Waals surface area contributed by atoms with Crippen LogP contribution in [0.25, 0.3) is 0 Å². The molecule has 17 heavy (non-hydrogen) atoms. The number of hydrogen-bond donors (Lipinski definition) is 0. The first kappa shape index (κ1) is 15.0. The van der Waals surface area contributed by atoms with Gasteiger partial charge in [0.1, 0.15) is 0 Å². The van der Waals surface area contributed by atoms with E-state index in [0.29, 0.717) is 5.54 Å². The maximum atomic E-state index is 2.74. The molecule has 0 aromatic rings. The molecule has 0 bridgehead atoms. The van der Waals surface area contributed by atoms with Crippen molar-refractivity contribution in [3.63, 3.8) is 0 Å². The fourth-order valence-corrected chi connectivity index (χ4v) is 3.18. The third kappa shape index (κ3) is 5.42. The van der Waals surface area contributed by atoms with E-state index in [0.717, 1.165) is 6.04 Å². The molecule has 0 aromatic carbocycles. The summed E-state index contributed by atoms with van der Waals surface area (Å²) >= 11 is 0. The highest BCUT2D eigenvalue weighted by Gasteiger charge is 2.31. The van der Waals surface area contributed by atoms with Gasteiger partial charge in [-0.1, -0.05) is 45.4 Å². The Hall–Kier alpha value is -0.0400. The normalized spacial score (nSPS) is 22.2. The van der Waals surface area contributed by atoms with Crippen LogP contribution in [-0.4, -0.2) is 23.0 Å². The van der Waals surface area contributed by atoms with Crippen molar-refractivity contribution in [2.75, 3.05) is 6.54 Å². The second kappa shape index (κ2) is 7.41. The molecule has 1 heterocycles. The zero-order valence-corrected chi connectivity index (χ0v) is 12.6. The lowest BCUT2D eigenvalue weighted by Gasteiger charge is -2.37. The Morgan fingerprint density at radius 1 is 1.00 bits per heavy atom. The minimum absolute atomic E-state index is 0.378. The Balaban J connectivity index is 2.14.